The highest BCUT2D eigenvalue weighted by Crippen LogP contribution is 2.05. The normalized spacial score (nSPS) is 11.1. The Hall–Kier alpha value is -0.350. The van der Waals surface area contributed by atoms with Gasteiger partial charge < -0.3 is 5.32 Å². The third-order valence-electron chi connectivity index (χ3n) is 2.36. The lowest BCUT2D eigenvalue weighted by molar-refractivity contribution is 0.454. The summed E-state index contributed by atoms with van der Waals surface area (Å²) in [7, 11) is 0. The SMILES string of the molecule is CCC(CC)NCCn1cc(Br)cn1. The van der Waals surface area contributed by atoms with E-state index in [1.807, 2.05) is 17.1 Å². The van der Waals surface area contributed by atoms with Crippen LogP contribution in [0.4, 0.5) is 0 Å². The third-order valence-corrected chi connectivity index (χ3v) is 2.77. The van der Waals surface area contributed by atoms with E-state index in [1.54, 1.807) is 0 Å². The highest BCUT2D eigenvalue weighted by atomic mass is 79.9. The number of hydrogen-bond donors (Lipinski definition) is 1. The Morgan fingerprint density at radius 1 is 1.50 bits per heavy atom. The zero-order valence-electron chi connectivity index (χ0n) is 8.83. The average Bonchev–Trinajstić information content (AvgIpc) is 2.59. The first-order valence-corrected chi connectivity index (χ1v) is 5.96. The summed E-state index contributed by atoms with van der Waals surface area (Å²) in [6.07, 6.45) is 6.20. The van der Waals surface area contributed by atoms with Gasteiger partial charge in [-0.05, 0) is 28.8 Å². The third kappa shape index (κ3) is 3.80. The Morgan fingerprint density at radius 2 is 2.21 bits per heavy atom. The van der Waals surface area contributed by atoms with Crippen molar-refractivity contribution in [3.63, 3.8) is 0 Å². The van der Waals surface area contributed by atoms with Crippen LogP contribution >= 0.6 is 15.9 Å². The monoisotopic (exact) mass is 259 g/mol. The molecule has 0 bridgehead atoms. The van der Waals surface area contributed by atoms with Crippen molar-refractivity contribution in [2.75, 3.05) is 6.54 Å². The Morgan fingerprint density at radius 3 is 2.71 bits per heavy atom. The predicted octanol–water partition coefficient (Wildman–Crippen LogP) is 2.42. The van der Waals surface area contributed by atoms with Gasteiger partial charge in [-0.1, -0.05) is 13.8 Å². The van der Waals surface area contributed by atoms with Gasteiger partial charge in [0.1, 0.15) is 0 Å². The molecule has 0 unspecified atom stereocenters. The first-order valence-electron chi connectivity index (χ1n) is 5.17. The van der Waals surface area contributed by atoms with E-state index in [0.717, 1.165) is 17.6 Å². The number of halogens is 1. The summed E-state index contributed by atoms with van der Waals surface area (Å²) in [5, 5.41) is 7.69. The topological polar surface area (TPSA) is 29.9 Å². The van der Waals surface area contributed by atoms with E-state index in [4.69, 9.17) is 0 Å². The smallest absolute Gasteiger partial charge is 0.0632 e. The molecule has 0 amide bonds. The minimum absolute atomic E-state index is 0.647. The van der Waals surface area contributed by atoms with E-state index in [9.17, 15) is 0 Å². The molecule has 1 aromatic rings. The van der Waals surface area contributed by atoms with Crippen LogP contribution in [-0.4, -0.2) is 22.4 Å². The van der Waals surface area contributed by atoms with E-state index in [-0.39, 0.29) is 0 Å². The molecular formula is C10H18BrN3. The summed E-state index contributed by atoms with van der Waals surface area (Å²) in [5.74, 6) is 0. The van der Waals surface area contributed by atoms with Crippen molar-refractivity contribution in [1.29, 1.82) is 0 Å². The Bertz CT molecular complexity index is 256. The number of hydrogen-bond acceptors (Lipinski definition) is 2. The Labute approximate surface area is 94.0 Å². The summed E-state index contributed by atoms with van der Waals surface area (Å²) >= 11 is 3.38. The van der Waals surface area contributed by atoms with E-state index < -0.39 is 0 Å². The molecule has 1 rings (SSSR count). The van der Waals surface area contributed by atoms with Crippen molar-refractivity contribution in [2.45, 2.75) is 39.3 Å². The fraction of sp³-hybridized carbons (Fsp3) is 0.700. The summed E-state index contributed by atoms with van der Waals surface area (Å²) in [6, 6.07) is 0.647. The first-order chi connectivity index (χ1) is 6.76. The lowest BCUT2D eigenvalue weighted by Crippen LogP contribution is -2.30. The molecule has 0 aliphatic carbocycles. The van der Waals surface area contributed by atoms with E-state index >= 15 is 0 Å². The van der Waals surface area contributed by atoms with Gasteiger partial charge in [-0.2, -0.15) is 5.10 Å². The Balaban J connectivity index is 2.21. The molecule has 0 fully saturated rings. The molecule has 4 heteroatoms. The van der Waals surface area contributed by atoms with Crippen molar-refractivity contribution >= 4 is 15.9 Å². The second-order valence-corrected chi connectivity index (χ2v) is 4.30. The second-order valence-electron chi connectivity index (χ2n) is 3.39. The van der Waals surface area contributed by atoms with Gasteiger partial charge in [0.2, 0.25) is 0 Å². The molecule has 14 heavy (non-hydrogen) atoms. The zero-order chi connectivity index (χ0) is 10.4. The van der Waals surface area contributed by atoms with Crippen molar-refractivity contribution in [3.05, 3.63) is 16.9 Å². The van der Waals surface area contributed by atoms with Gasteiger partial charge in [0.15, 0.2) is 0 Å². The summed E-state index contributed by atoms with van der Waals surface area (Å²) in [4.78, 5) is 0. The van der Waals surface area contributed by atoms with E-state index in [0.29, 0.717) is 6.04 Å². The number of nitrogens with zero attached hydrogens (tertiary/aromatic N) is 2. The molecular weight excluding hydrogens is 242 g/mol. The van der Waals surface area contributed by atoms with E-state index in [2.05, 4.69) is 40.2 Å². The maximum atomic E-state index is 4.19. The fourth-order valence-electron chi connectivity index (χ4n) is 1.42. The van der Waals surface area contributed by atoms with Gasteiger partial charge in [0.05, 0.1) is 17.2 Å². The van der Waals surface area contributed by atoms with Crippen LogP contribution in [0, 0.1) is 0 Å². The zero-order valence-corrected chi connectivity index (χ0v) is 10.4. The molecule has 0 spiro atoms. The molecule has 1 heterocycles. The van der Waals surface area contributed by atoms with Crippen LogP contribution in [-0.2, 0) is 6.54 Å². The molecule has 0 saturated heterocycles. The number of nitrogens with one attached hydrogen (secondary N) is 1. The lowest BCUT2D eigenvalue weighted by atomic mass is 10.2. The van der Waals surface area contributed by atoms with Gasteiger partial charge in [0.25, 0.3) is 0 Å². The van der Waals surface area contributed by atoms with Gasteiger partial charge in [0, 0.05) is 18.8 Å². The minimum atomic E-state index is 0.647. The Kier molecular flexibility index (Phi) is 5.19. The summed E-state index contributed by atoms with van der Waals surface area (Å²) in [5.41, 5.74) is 0. The molecule has 3 nitrogen and oxygen atoms in total. The largest absolute Gasteiger partial charge is 0.312 e. The predicted molar refractivity (Wildman–Crippen MR) is 62.3 cm³/mol. The molecule has 0 saturated carbocycles. The molecule has 80 valence electrons. The quantitative estimate of drug-likeness (QED) is 0.851. The molecule has 0 radical (unpaired) electrons. The molecule has 1 N–H and O–H groups in total. The molecule has 0 aromatic carbocycles. The fourth-order valence-corrected chi connectivity index (χ4v) is 1.75. The van der Waals surface area contributed by atoms with Crippen LogP contribution in [0.25, 0.3) is 0 Å². The highest BCUT2D eigenvalue weighted by Gasteiger charge is 2.01. The standard InChI is InChI=1S/C10H18BrN3/c1-3-10(4-2)12-5-6-14-8-9(11)7-13-14/h7-8,10,12H,3-6H2,1-2H3. The first kappa shape index (κ1) is 11.7. The average molecular weight is 260 g/mol. The van der Waals surface area contributed by atoms with Crippen molar-refractivity contribution in [1.82, 2.24) is 15.1 Å². The molecule has 0 aliphatic heterocycles. The second kappa shape index (κ2) is 6.19. The molecule has 0 atom stereocenters. The van der Waals surface area contributed by atoms with Gasteiger partial charge in [-0.15, -0.1) is 0 Å². The highest BCUT2D eigenvalue weighted by molar-refractivity contribution is 9.10. The summed E-state index contributed by atoms with van der Waals surface area (Å²) < 4.78 is 2.99. The maximum Gasteiger partial charge on any atom is 0.0632 e. The number of aromatic nitrogens is 2. The van der Waals surface area contributed by atoms with Crippen LogP contribution < -0.4 is 5.32 Å². The lowest BCUT2D eigenvalue weighted by Gasteiger charge is -2.14. The van der Waals surface area contributed by atoms with Crippen LogP contribution in [0.2, 0.25) is 0 Å². The minimum Gasteiger partial charge on any atom is -0.312 e. The van der Waals surface area contributed by atoms with Crippen molar-refractivity contribution in [2.24, 2.45) is 0 Å². The van der Waals surface area contributed by atoms with E-state index in [1.165, 1.54) is 12.8 Å². The van der Waals surface area contributed by atoms with Gasteiger partial charge in [-0.3, -0.25) is 4.68 Å². The van der Waals surface area contributed by atoms with Crippen LogP contribution in [0.3, 0.4) is 0 Å². The molecule has 0 aliphatic rings. The van der Waals surface area contributed by atoms with Crippen LogP contribution in [0.1, 0.15) is 26.7 Å². The summed E-state index contributed by atoms with van der Waals surface area (Å²) in [6.45, 7) is 6.35. The number of rotatable bonds is 6. The van der Waals surface area contributed by atoms with Crippen molar-refractivity contribution in [3.8, 4) is 0 Å². The maximum absolute atomic E-state index is 4.19. The van der Waals surface area contributed by atoms with Crippen LogP contribution in [0.5, 0.6) is 0 Å². The van der Waals surface area contributed by atoms with Crippen molar-refractivity contribution < 1.29 is 0 Å². The van der Waals surface area contributed by atoms with Gasteiger partial charge >= 0.3 is 0 Å². The van der Waals surface area contributed by atoms with Crippen LogP contribution in [0.15, 0.2) is 16.9 Å². The van der Waals surface area contributed by atoms with Gasteiger partial charge in [-0.25, -0.2) is 0 Å². The molecule has 1 aromatic heterocycles.